The fraction of sp³-hybridized carbons (Fsp3) is 0.500. The maximum Gasteiger partial charge on any atom is 0.203 e. The van der Waals surface area contributed by atoms with Crippen LogP contribution < -0.4 is 0 Å². The maximum atomic E-state index is 11.4. The number of nitrogens with one attached hydrogen (secondary N) is 1. The molecule has 1 aromatic heterocycles. The van der Waals surface area contributed by atoms with Crippen LogP contribution in [0.3, 0.4) is 0 Å². The van der Waals surface area contributed by atoms with E-state index in [1.807, 2.05) is 6.92 Å². The van der Waals surface area contributed by atoms with Gasteiger partial charge in [0, 0.05) is 12.4 Å². The van der Waals surface area contributed by atoms with E-state index in [4.69, 9.17) is 0 Å². The van der Waals surface area contributed by atoms with Gasteiger partial charge in [0.05, 0.1) is 12.5 Å². The van der Waals surface area contributed by atoms with Crippen LogP contribution >= 0.6 is 0 Å². The molecule has 1 atom stereocenters. The normalized spacial score (nSPS) is 12.8. The Morgan fingerprint density at radius 3 is 2.92 bits per heavy atom. The van der Waals surface area contributed by atoms with Crippen molar-refractivity contribution in [3.05, 3.63) is 18.2 Å². The number of Topliss-reactive ketones (excluding diaryl/α,β-unsaturated/α-hetero) is 1. The summed E-state index contributed by atoms with van der Waals surface area (Å²) in [5.41, 5.74) is 0. The fourth-order valence-electron chi connectivity index (χ4n) is 0.972. The Labute approximate surface area is 70.6 Å². The summed E-state index contributed by atoms with van der Waals surface area (Å²) < 4.78 is 0. The number of ketones is 1. The molecule has 0 spiro atoms. The lowest BCUT2D eigenvalue weighted by Crippen LogP contribution is -2.18. The molecule has 1 aromatic rings. The summed E-state index contributed by atoms with van der Waals surface area (Å²) in [7, 11) is 0. The summed E-state index contributed by atoms with van der Waals surface area (Å²) in [6.45, 7) is 1.46. The van der Waals surface area contributed by atoms with Gasteiger partial charge >= 0.3 is 0 Å². The van der Waals surface area contributed by atoms with E-state index in [0.717, 1.165) is 0 Å². The first kappa shape index (κ1) is 8.93. The van der Waals surface area contributed by atoms with Crippen LogP contribution in [0.4, 0.5) is 0 Å². The highest BCUT2D eigenvalue weighted by atomic mass is 16.3. The third kappa shape index (κ3) is 1.71. The number of rotatable bonds is 4. The third-order valence-electron chi connectivity index (χ3n) is 1.80. The average molecular weight is 167 g/mol. The highest BCUT2D eigenvalue weighted by Crippen LogP contribution is 2.07. The second-order valence-corrected chi connectivity index (χ2v) is 2.57. The Balaban J connectivity index is 2.70. The molecule has 0 bridgehead atoms. The van der Waals surface area contributed by atoms with Gasteiger partial charge in [0.2, 0.25) is 5.78 Å². The van der Waals surface area contributed by atoms with Gasteiger partial charge in [0.15, 0.2) is 5.82 Å². The number of H-pyrrole nitrogens is 1. The third-order valence-corrected chi connectivity index (χ3v) is 1.80. The monoisotopic (exact) mass is 167 g/mol. The van der Waals surface area contributed by atoms with E-state index in [9.17, 15) is 9.90 Å². The van der Waals surface area contributed by atoms with Crippen LogP contribution in [0.1, 0.15) is 24.0 Å². The average Bonchev–Trinajstić information content (AvgIpc) is 2.58. The van der Waals surface area contributed by atoms with Gasteiger partial charge in [-0.25, -0.2) is 10.1 Å². The van der Waals surface area contributed by atoms with Gasteiger partial charge in [-0.05, 0) is 6.42 Å². The van der Waals surface area contributed by atoms with Crippen LogP contribution in [-0.4, -0.2) is 22.4 Å². The smallest absolute Gasteiger partial charge is 0.203 e. The van der Waals surface area contributed by atoms with Crippen LogP contribution in [0.15, 0.2) is 12.4 Å². The topological polar surface area (TPSA) is 65.7 Å². The van der Waals surface area contributed by atoms with Crippen LogP contribution in [0, 0.1) is 5.92 Å². The lowest BCUT2D eigenvalue weighted by atomic mass is 10.0. The molecule has 1 radical (unpaired) electrons. The van der Waals surface area contributed by atoms with Crippen LogP contribution in [0.5, 0.6) is 0 Å². The van der Waals surface area contributed by atoms with Crippen LogP contribution in [0.2, 0.25) is 0 Å². The molecule has 65 valence electrons. The number of nitrogens with zero attached hydrogens (tertiary/aromatic N) is 1. The van der Waals surface area contributed by atoms with E-state index in [1.165, 1.54) is 6.20 Å². The minimum absolute atomic E-state index is 0.183. The van der Waals surface area contributed by atoms with Gasteiger partial charge in [0.25, 0.3) is 0 Å². The van der Waals surface area contributed by atoms with Crippen LogP contribution in [0.25, 0.3) is 0 Å². The van der Waals surface area contributed by atoms with E-state index in [0.29, 0.717) is 6.42 Å². The molecule has 0 saturated heterocycles. The van der Waals surface area contributed by atoms with Crippen molar-refractivity contribution >= 4 is 5.78 Å². The quantitative estimate of drug-likeness (QED) is 0.681. The molecule has 1 heterocycles. The molecular formula is C8H11N2O2. The molecule has 0 saturated carbocycles. The second kappa shape index (κ2) is 4.01. The molecule has 4 heteroatoms. The predicted molar refractivity (Wildman–Crippen MR) is 42.3 cm³/mol. The highest BCUT2D eigenvalue weighted by molar-refractivity contribution is 5.94. The molecule has 12 heavy (non-hydrogen) atoms. The van der Waals surface area contributed by atoms with E-state index in [1.54, 1.807) is 6.20 Å². The van der Waals surface area contributed by atoms with E-state index < -0.39 is 5.92 Å². The summed E-state index contributed by atoms with van der Waals surface area (Å²) in [6.07, 6.45) is 3.65. The molecule has 0 amide bonds. The van der Waals surface area contributed by atoms with E-state index >= 15 is 0 Å². The summed E-state index contributed by atoms with van der Waals surface area (Å²) in [5.74, 6) is -0.327. The summed E-state index contributed by atoms with van der Waals surface area (Å²) >= 11 is 0. The summed E-state index contributed by atoms with van der Waals surface area (Å²) in [6, 6.07) is 0. The number of carbonyl (C=O) groups excluding carboxylic acids is 1. The van der Waals surface area contributed by atoms with Crippen molar-refractivity contribution in [2.45, 2.75) is 13.3 Å². The number of imidazole rings is 1. The van der Waals surface area contributed by atoms with Gasteiger partial charge in [-0.3, -0.25) is 4.79 Å². The minimum Gasteiger partial charge on any atom is -0.342 e. The molecule has 1 unspecified atom stereocenters. The molecule has 0 aliphatic carbocycles. The van der Waals surface area contributed by atoms with Gasteiger partial charge in [-0.1, -0.05) is 6.92 Å². The SMILES string of the molecule is CCC(C[O])C(=O)c1ncc[nH]1. The lowest BCUT2D eigenvalue weighted by molar-refractivity contribution is 0.0772. The lowest BCUT2D eigenvalue weighted by Gasteiger charge is -2.05. The number of carbonyl (C=O) groups is 1. The summed E-state index contributed by atoms with van der Waals surface area (Å²) in [5, 5.41) is 10.5. The van der Waals surface area contributed by atoms with Crippen LogP contribution in [-0.2, 0) is 5.11 Å². The molecule has 1 N–H and O–H groups in total. The number of hydrogen-bond donors (Lipinski definition) is 1. The Hall–Kier alpha value is -1.16. The zero-order valence-corrected chi connectivity index (χ0v) is 6.91. The molecule has 0 aromatic carbocycles. The first-order valence-electron chi connectivity index (χ1n) is 3.91. The first-order valence-corrected chi connectivity index (χ1v) is 3.91. The Morgan fingerprint density at radius 2 is 2.50 bits per heavy atom. The van der Waals surface area contributed by atoms with Crippen molar-refractivity contribution in [3.8, 4) is 0 Å². The largest absolute Gasteiger partial charge is 0.342 e. The van der Waals surface area contributed by atoms with Crippen molar-refractivity contribution in [2.75, 3.05) is 6.61 Å². The second-order valence-electron chi connectivity index (χ2n) is 2.57. The van der Waals surface area contributed by atoms with Crippen molar-refractivity contribution in [2.24, 2.45) is 5.92 Å². The molecular weight excluding hydrogens is 156 g/mol. The van der Waals surface area contributed by atoms with Crippen molar-refractivity contribution in [1.29, 1.82) is 0 Å². The van der Waals surface area contributed by atoms with Crippen molar-refractivity contribution in [3.63, 3.8) is 0 Å². The van der Waals surface area contributed by atoms with Gasteiger partial charge in [0.1, 0.15) is 0 Å². The van der Waals surface area contributed by atoms with Gasteiger partial charge in [-0.15, -0.1) is 0 Å². The molecule has 0 aliphatic heterocycles. The van der Waals surface area contributed by atoms with Crippen molar-refractivity contribution in [1.82, 2.24) is 9.97 Å². The zero-order valence-electron chi connectivity index (χ0n) is 6.91. The number of hydrogen-bond acceptors (Lipinski definition) is 2. The van der Waals surface area contributed by atoms with Gasteiger partial charge < -0.3 is 4.98 Å². The molecule has 0 fully saturated rings. The van der Waals surface area contributed by atoms with Gasteiger partial charge in [-0.2, -0.15) is 0 Å². The Kier molecular flexibility index (Phi) is 2.99. The van der Waals surface area contributed by atoms with E-state index in [2.05, 4.69) is 9.97 Å². The summed E-state index contributed by atoms with van der Waals surface area (Å²) in [4.78, 5) is 17.8. The molecule has 4 nitrogen and oxygen atoms in total. The standard InChI is InChI=1S/C8H11N2O2/c1-2-6(5-11)7(12)8-9-3-4-10-8/h3-4,6H,2,5H2,1H3,(H,9,10). The van der Waals surface area contributed by atoms with E-state index in [-0.39, 0.29) is 18.2 Å². The highest BCUT2D eigenvalue weighted by Gasteiger charge is 2.19. The first-order chi connectivity index (χ1) is 5.79. The maximum absolute atomic E-state index is 11.4. The fourth-order valence-corrected chi connectivity index (χ4v) is 0.972. The number of aromatic nitrogens is 2. The van der Waals surface area contributed by atoms with Crippen molar-refractivity contribution < 1.29 is 9.90 Å². The Morgan fingerprint density at radius 1 is 1.75 bits per heavy atom. The predicted octanol–water partition coefficient (Wildman–Crippen LogP) is 1.05. The number of aromatic amines is 1. The zero-order chi connectivity index (χ0) is 8.97. The Bertz CT molecular complexity index is 240. The minimum atomic E-state index is -0.434. The molecule has 0 aliphatic rings. The molecule has 1 rings (SSSR count).